The Morgan fingerprint density at radius 1 is 1.17 bits per heavy atom. The fourth-order valence-corrected chi connectivity index (χ4v) is 6.11. The maximum absolute atomic E-state index is 13.4. The number of hydrogen-bond acceptors (Lipinski definition) is 6. The highest BCUT2D eigenvalue weighted by molar-refractivity contribution is 7.89. The molecular formula is C25H30ClN5O4S. The summed E-state index contributed by atoms with van der Waals surface area (Å²) in [5, 5.41) is 26.6. The molecule has 2 atom stereocenters. The van der Waals surface area contributed by atoms with Gasteiger partial charge in [-0.05, 0) is 69.2 Å². The normalized spacial score (nSPS) is 22.5. The molecule has 4 rings (SSSR count). The molecule has 3 N–H and O–H groups in total. The van der Waals surface area contributed by atoms with Crippen LogP contribution in [0.15, 0.2) is 52.4 Å². The van der Waals surface area contributed by atoms with Gasteiger partial charge in [-0.3, -0.25) is 5.32 Å². The number of aliphatic imine (C=N–C) groups is 1. The van der Waals surface area contributed by atoms with Gasteiger partial charge in [0.25, 0.3) is 0 Å². The Morgan fingerprint density at radius 2 is 1.83 bits per heavy atom. The Hall–Kier alpha value is -2.84. The summed E-state index contributed by atoms with van der Waals surface area (Å²) in [7, 11) is -3.73. The van der Waals surface area contributed by atoms with Gasteiger partial charge in [0.1, 0.15) is 23.5 Å². The highest BCUT2D eigenvalue weighted by atomic mass is 35.5. The van der Waals surface area contributed by atoms with Gasteiger partial charge in [-0.25, -0.2) is 13.4 Å². The van der Waals surface area contributed by atoms with Crippen molar-refractivity contribution in [2.45, 2.75) is 62.2 Å². The third-order valence-corrected chi connectivity index (χ3v) is 8.58. The topological polar surface area (TPSA) is 127 Å². The van der Waals surface area contributed by atoms with Gasteiger partial charge in [-0.15, -0.1) is 0 Å². The molecule has 1 fully saturated rings. The second-order valence-corrected chi connectivity index (χ2v) is 11.8. The number of anilines is 1. The van der Waals surface area contributed by atoms with Gasteiger partial charge in [0, 0.05) is 29.4 Å². The lowest BCUT2D eigenvalue weighted by molar-refractivity contribution is -0.0568. The largest absolute Gasteiger partial charge is 0.485 e. The lowest BCUT2D eigenvalue weighted by Gasteiger charge is -2.41. The molecule has 1 saturated heterocycles. The molecule has 0 aliphatic carbocycles. The van der Waals surface area contributed by atoms with Crippen molar-refractivity contribution < 1.29 is 18.3 Å². The third-order valence-electron chi connectivity index (χ3n) is 6.44. The number of nitrogens with one attached hydrogen (secondary N) is 2. The fraction of sp³-hybridized carbons (Fsp3) is 0.440. The van der Waals surface area contributed by atoms with E-state index in [9.17, 15) is 18.8 Å². The molecule has 11 heteroatoms. The molecular weight excluding hydrogens is 502 g/mol. The molecule has 2 aliphatic rings. The van der Waals surface area contributed by atoms with E-state index >= 15 is 0 Å². The van der Waals surface area contributed by atoms with E-state index in [0.29, 0.717) is 35.1 Å². The minimum atomic E-state index is -3.73. The molecule has 2 aromatic carbocycles. The molecule has 192 valence electrons. The van der Waals surface area contributed by atoms with E-state index in [1.165, 1.54) is 16.4 Å². The van der Waals surface area contributed by atoms with Gasteiger partial charge < -0.3 is 15.2 Å². The maximum Gasteiger partial charge on any atom is 0.243 e. The number of aliphatic hydroxyl groups excluding tert-OH is 1. The molecule has 9 nitrogen and oxygen atoms in total. The maximum atomic E-state index is 13.4. The van der Waals surface area contributed by atoms with E-state index in [4.69, 9.17) is 16.3 Å². The smallest absolute Gasteiger partial charge is 0.243 e. The molecule has 0 aromatic heterocycles. The van der Waals surface area contributed by atoms with E-state index in [1.54, 1.807) is 44.2 Å². The lowest BCUT2D eigenvalue weighted by atomic mass is 9.87. The van der Waals surface area contributed by atoms with Gasteiger partial charge in [-0.2, -0.15) is 9.57 Å². The Morgan fingerprint density at radius 3 is 2.47 bits per heavy atom. The van der Waals surface area contributed by atoms with Crippen LogP contribution in [0.4, 0.5) is 5.69 Å². The van der Waals surface area contributed by atoms with Gasteiger partial charge in [0.05, 0.1) is 4.90 Å². The van der Waals surface area contributed by atoms with Crippen molar-refractivity contribution in [2.75, 3.05) is 18.4 Å². The summed E-state index contributed by atoms with van der Waals surface area (Å²) in [5.74, 6) is 0.518. The van der Waals surface area contributed by atoms with Crippen LogP contribution < -0.4 is 15.4 Å². The predicted octanol–water partition coefficient (Wildman–Crippen LogP) is 4.02. The summed E-state index contributed by atoms with van der Waals surface area (Å²) < 4.78 is 34.4. The molecule has 0 unspecified atom stereocenters. The molecule has 0 amide bonds. The standard InChI is InChI=1S/C25H30ClN5O4S/c1-25(2)23(32)22(30-24(28-16-27)29-18-9-7-17(26)8-10-18)20-15-19(11-12-21(20)35-25)36(33,34)31-13-5-3-4-6-14-31/h7-12,15,22-23,32H,3-6,13-14H2,1-2H3,(H2,28,29,30)/t22-,23+/m1/s1. The Bertz CT molecular complexity index is 1270. The van der Waals surface area contributed by atoms with Crippen molar-refractivity contribution in [3.8, 4) is 11.9 Å². The number of ether oxygens (including phenoxy) is 1. The first-order valence-corrected chi connectivity index (χ1v) is 13.7. The number of rotatable bonds is 4. The van der Waals surface area contributed by atoms with Gasteiger partial charge in [0.15, 0.2) is 6.19 Å². The lowest BCUT2D eigenvalue weighted by Crippen LogP contribution is -2.49. The van der Waals surface area contributed by atoms with Crippen LogP contribution >= 0.6 is 11.6 Å². The SMILES string of the molecule is CC1(C)Oc2ccc(S(=O)(=O)N3CCCCCC3)cc2[C@@H](N=C(NC#N)Nc2ccc(Cl)cc2)[C@@H]1O. The molecule has 2 heterocycles. The Labute approximate surface area is 216 Å². The van der Waals surface area contributed by atoms with Crippen LogP contribution in [-0.2, 0) is 10.0 Å². The average molecular weight is 532 g/mol. The van der Waals surface area contributed by atoms with Crippen molar-refractivity contribution in [3.05, 3.63) is 53.1 Å². The third kappa shape index (κ3) is 5.60. The molecule has 0 spiro atoms. The van der Waals surface area contributed by atoms with Crippen LogP contribution in [0.2, 0.25) is 5.02 Å². The number of benzene rings is 2. The number of aliphatic hydroxyl groups is 1. The molecule has 0 radical (unpaired) electrons. The molecule has 2 aromatic rings. The molecule has 0 saturated carbocycles. The zero-order valence-corrected chi connectivity index (χ0v) is 21.8. The Kier molecular flexibility index (Phi) is 7.76. The number of guanidine groups is 1. The van der Waals surface area contributed by atoms with E-state index in [0.717, 1.165) is 25.7 Å². The van der Waals surface area contributed by atoms with Crippen molar-refractivity contribution in [3.63, 3.8) is 0 Å². The molecule has 2 aliphatic heterocycles. The summed E-state index contributed by atoms with van der Waals surface area (Å²) in [6.07, 6.45) is 4.40. The minimum absolute atomic E-state index is 0.0910. The second-order valence-electron chi connectivity index (χ2n) is 9.46. The van der Waals surface area contributed by atoms with Gasteiger partial charge in [-0.1, -0.05) is 24.4 Å². The van der Waals surface area contributed by atoms with Gasteiger partial charge >= 0.3 is 0 Å². The van der Waals surface area contributed by atoms with E-state index in [-0.39, 0.29) is 10.9 Å². The van der Waals surface area contributed by atoms with Crippen LogP contribution in [0.1, 0.15) is 51.1 Å². The van der Waals surface area contributed by atoms with Crippen molar-refractivity contribution in [1.29, 1.82) is 5.26 Å². The Balaban J connectivity index is 1.75. The predicted molar refractivity (Wildman–Crippen MR) is 138 cm³/mol. The number of hydrogen-bond donors (Lipinski definition) is 3. The zero-order valence-electron chi connectivity index (χ0n) is 20.2. The zero-order chi connectivity index (χ0) is 25.9. The monoisotopic (exact) mass is 531 g/mol. The summed E-state index contributed by atoms with van der Waals surface area (Å²) in [4.78, 5) is 4.74. The highest BCUT2D eigenvalue weighted by Crippen LogP contribution is 2.43. The first kappa shape index (κ1) is 26.2. The molecule has 36 heavy (non-hydrogen) atoms. The minimum Gasteiger partial charge on any atom is -0.485 e. The van der Waals surface area contributed by atoms with Crippen LogP contribution in [0, 0.1) is 11.5 Å². The number of halogens is 1. The summed E-state index contributed by atoms with van der Waals surface area (Å²) >= 11 is 5.96. The van der Waals surface area contributed by atoms with Crippen LogP contribution in [0.5, 0.6) is 5.75 Å². The van der Waals surface area contributed by atoms with Crippen molar-refractivity contribution >= 4 is 33.3 Å². The van der Waals surface area contributed by atoms with Crippen LogP contribution in [-0.4, -0.2) is 48.6 Å². The van der Waals surface area contributed by atoms with E-state index in [1.807, 2.05) is 6.19 Å². The number of fused-ring (bicyclic) bond motifs is 1. The first-order valence-electron chi connectivity index (χ1n) is 11.9. The highest BCUT2D eigenvalue weighted by Gasteiger charge is 2.44. The fourth-order valence-electron chi connectivity index (χ4n) is 4.43. The average Bonchev–Trinajstić information content (AvgIpc) is 3.13. The summed E-state index contributed by atoms with van der Waals surface area (Å²) in [6, 6.07) is 10.6. The second kappa shape index (κ2) is 10.6. The van der Waals surface area contributed by atoms with Crippen LogP contribution in [0.25, 0.3) is 0 Å². The van der Waals surface area contributed by atoms with E-state index in [2.05, 4.69) is 15.6 Å². The van der Waals surface area contributed by atoms with Crippen molar-refractivity contribution in [2.24, 2.45) is 4.99 Å². The number of sulfonamides is 1. The summed E-state index contributed by atoms with van der Waals surface area (Å²) in [5.41, 5.74) is 0.0389. The quantitative estimate of drug-likeness (QED) is 0.235. The molecule has 0 bridgehead atoms. The first-order chi connectivity index (χ1) is 17.1. The van der Waals surface area contributed by atoms with Gasteiger partial charge in [0.2, 0.25) is 16.0 Å². The van der Waals surface area contributed by atoms with Crippen molar-refractivity contribution in [1.82, 2.24) is 9.62 Å². The van der Waals surface area contributed by atoms with Crippen LogP contribution in [0.3, 0.4) is 0 Å². The summed E-state index contributed by atoms with van der Waals surface area (Å²) in [6.45, 7) is 4.42. The number of nitrogens with zero attached hydrogens (tertiary/aromatic N) is 3. The van der Waals surface area contributed by atoms with E-state index < -0.39 is 27.8 Å². The number of nitriles is 1.